The van der Waals surface area contributed by atoms with Gasteiger partial charge < -0.3 is 15.0 Å². The quantitative estimate of drug-likeness (QED) is 0.546. The lowest BCUT2D eigenvalue weighted by Gasteiger charge is -2.13. The van der Waals surface area contributed by atoms with Crippen molar-refractivity contribution in [3.63, 3.8) is 0 Å². The Morgan fingerprint density at radius 3 is 2.58 bits per heavy atom. The lowest BCUT2D eigenvalue weighted by atomic mass is 9.91. The molecule has 0 atom stereocenters. The highest BCUT2D eigenvalue weighted by Gasteiger charge is 2.29. The number of hydrogen-bond donors (Lipinski definition) is 2. The molecule has 4 rings (SSSR count). The Labute approximate surface area is 181 Å². The zero-order valence-electron chi connectivity index (χ0n) is 17.7. The molecule has 0 saturated heterocycles. The molecule has 31 heavy (non-hydrogen) atoms. The number of carbonyl (C=O) groups excluding carboxylic acids is 2. The maximum absolute atomic E-state index is 12.7. The number of nitrogens with one attached hydrogen (secondary N) is 2. The first kappa shape index (κ1) is 21.3. The first-order chi connectivity index (χ1) is 14.7. The fraction of sp³-hybridized carbons (Fsp3) is 0.364. The number of anilines is 1. The van der Waals surface area contributed by atoms with Crippen molar-refractivity contribution < 1.29 is 22.7 Å². The van der Waals surface area contributed by atoms with E-state index in [0.29, 0.717) is 28.2 Å². The summed E-state index contributed by atoms with van der Waals surface area (Å²) < 4.78 is 31.4. The summed E-state index contributed by atoms with van der Waals surface area (Å²) in [4.78, 5) is 28.4. The van der Waals surface area contributed by atoms with E-state index in [9.17, 15) is 18.0 Å². The number of aromatic nitrogens is 1. The highest BCUT2D eigenvalue weighted by molar-refractivity contribution is 7.89. The van der Waals surface area contributed by atoms with Crippen LogP contribution in [0.25, 0.3) is 11.6 Å². The second-order valence-corrected chi connectivity index (χ2v) is 9.96. The Balaban J connectivity index is 1.83. The summed E-state index contributed by atoms with van der Waals surface area (Å²) in [6.45, 7) is 2.04. The van der Waals surface area contributed by atoms with Crippen LogP contribution in [-0.4, -0.2) is 50.3 Å². The molecule has 1 amide bonds. The number of aromatic amines is 1. The second-order valence-electron chi connectivity index (χ2n) is 7.81. The molecule has 2 heterocycles. The summed E-state index contributed by atoms with van der Waals surface area (Å²) in [7, 11) is -0.716. The number of fused-ring (bicyclic) bond motifs is 2. The number of nitrogens with zero attached hydrogens (tertiary/aromatic N) is 1. The van der Waals surface area contributed by atoms with Crippen LogP contribution in [0.3, 0.4) is 0 Å². The van der Waals surface area contributed by atoms with Crippen LogP contribution in [0.4, 0.5) is 5.69 Å². The van der Waals surface area contributed by atoms with Gasteiger partial charge in [0.1, 0.15) is 5.69 Å². The van der Waals surface area contributed by atoms with E-state index < -0.39 is 16.0 Å². The molecule has 0 spiro atoms. The molecule has 0 fully saturated rings. The van der Waals surface area contributed by atoms with Gasteiger partial charge in [-0.2, -0.15) is 0 Å². The lowest BCUT2D eigenvalue weighted by molar-refractivity contribution is -0.110. The van der Waals surface area contributed by atoms with Crippen LogP contribution >= 0.6 is 0 Å². The Bertz CT molecular complexity index is 1210. The fourth-order valence-corrected chi connectivity index (χ4v) is 5.02. The standard InChI is InChI=1S/C22H25N3O5S/c1-4-30-22(27)20-15-8-6-5-7-14(15)19(23-20)12-17-16-11-13(31(28,29)25(2)3)9-10-18(16)24-21(17)26/h9-12,23H,4-8H2,1-3H3,(H,24,26)/b17-12-. The predicted molar refractivity (Wildman–Crippen MR) is 117 cm³/mol. The predicted octanol–water partition coefficient (Wildman–Crippen LogP) is 2.81. The third-order valence-electron chi connectivity index (χ3n) is 5.68. The number of amides is 1. The molecule has 0 bridgehead atoms. The minimum absolute atomic E-state index is 0.111. The maximum Gasteiger partial charge on any atom is 0.355 e. The van der Waals surface area contributed by atoms with Crippen molar-refractivity contribution >= 4 is 39.2 Å². The van der Waals surface area contributed by atoms with Gasteiger partial charge in [0.05, 0.1) is 17.1 Å². The normalized spacial score (nSPS) is 16.9. The van der Waals surface area contributed by atoms with Crippen LogP contribution in [0, 0.1) is 0 Å². The van der Waals surface area contributed by atoms with Gasteiger partial charge in [-0.15, -0.1) is 0 Å². The molecule has 0 radical (unpaired) electrons. The molecule has 1 aliphatic heterocycles. The number of benzene rings is 1. The number of carbonyl (C=O) groups is 2. The molecule has 1 aromatic carbocycles. The maximum atomic E-state index is 12.7. The minimum atomic E-state index is -3.64. The van der Waals surface area contributed by atoms with Crippen LogP contribution in [0.15, 0.2) is 23.1 Å². The van der Waals surface area contributed by atoms with Crippen molar-refractivity contribution in [3.8, 4) is 0 Å². The van der Waals surface area contributed by atoms with E-state index in [4.69, 9.17) is 4.74 Å². The summed E-state index contributed by atoms with van der Waals surface area (Å²) in [5.41, 5.74) is 4.52. The van der Waals surface area contributed by atoms with Crippen molar-refractivity contribution in [3.05, 3.63) is 46.3 Å². The zero-order valence-corrected chi connectivity index (χ0v) is 18.6. The average molecular weight is 444 g/mol. The lowest BCUT2D eigenvalue weighted by Crippen LogP contribution is -2.22. The molecular weight excluding hydrogens is 418 g/mol. The molecule has 1 aliphatic carbocycles. The Kier molecular flexibility index (Phi) is 5.49. The summed E-state index contributed by atoms with van der Waals surface area (Å²) in [6.07, 6.45) is 5.27. The molecule has 2 N–H and O–H groups in total. The van der Waals surface area contributed by atoms with Gasteiger partial charge in [-0.3, -0.25) is 4.79 Å². The van der Waals surface area contributed by atoms with Crippen LogP contribution < -0.4 is 5.32 Å². The Morgan fingerprint density at radius 1 is 1.19 bits per heavy atom. The molecule has 1 aromatic heterocycles. The molecule has 9 heteroatoms. The fourth-order valence-electron chi connectivity index (χ4n) is 4.09. The van der Waals surface area contributed by atoms with Crippen LogP contribution in [0.1, 0.15) is 52.6 Å². The van der Waals surface area contributed by atoms with E-state index in [0.717, 1.165) is 41.1 Å². The SMILES string of the molecule is CCOC(=O)c1[nH]c(/C=C2\C(=O)Nc3ccc(S(=O)(=O)N(C)C)cc32)c2c1CCCC2. The molecule has 164 valence electrons. The van der Waals surface area contributed by atoms with Crippen molar-refractivity contribution in [1.29, 1.82) is 0 Å². The number of sulfonamides is 1. The van der Waals surface area contributed by atoms with Gasteiger partial charge in [-0.05, 0) is 68.0 Å². The monoisotopic (exact) mass is 443 g/mol. The minimum Gasteiger partial charge on any atom is -0.461 e. The van der Waals surface area contributed by atoms with E-state index in [-0.39, 0.29) is 17.4 Å². The largest absolute Gasteiger partial charge is 0.461 e. The highest BCUT2D eigenvalue weighted by atomic mass is 32.2. The summed E-state index contributed by atoms with van der Waals surface area (Å²) in [5, 5.41) is 2.78. The van der Waals surface area contributed by atoms with Crippen molar-refractivity contribution in [2.75, 3.05) is 26.0 Å². The average Bonchev–Trinajstić information content (AvgIpc) is 3.26. The van der Waals surface area contributed by atoms with E-state index >= 15 is 0 Å². The van der Waals surface area contributed by atoms with Crippen LogP contribution in [0.2, 0.25) is 0 Å². The first-order valence-electron chi connectivity index (χ1n) is 10.2. The van der Waals surface area contributed by atoms with Gasteiger partial charge in [0.15, 0.2) is 0 Å². The van der Waals surface area contributed by atoms with Crippen LogP contribution in [0.5, 0.6) is 0 Å². The molecule has 0 saturated carbocycles. The molecule has 0 unspecified atom stereocenters. The molecule has 2 aromatic rings. The Morgan fingerprint density at radius 2 is 1.90 bits per heavy atom. The van der Waals surface area contributed by atoms with Crippen molar-refractivity contribution in [2.24, 2.45) is 0 Å². The second kappa shape index (κ2) is 7.97. The van der Waals surface area contributed by atoms with Gasteiger partial charge in [-0.1, -0.05) is 0 Å². The van der Waals surface area contributed by atoms with Crippen LogP contribution in [-0.2, 0) is 32.4 Å². The van der Waals surface area contributed by atoms with E-state index in [1.807, 2.05) is 0 Å². The highest BCUT2D eigenvalue weighted by Crippen LogP contribution is 2.37. The number of rotatable bonds is 5. The Hall–Kier alpha value is -2.91. The van der Waals surface area contributed by atoms with Gasteiger partial charge in [-0.25, -0.2) is 17.5 Å². The van der Waals surface area contributed by atoms with Crippen molar-refractivity contribution in [1.82, 2.24) is 9.29 Å². The number of H-pyrrole nitrogens is 1. The summed E-state index contributed by atoms with van der Waals surface area (Å²) in [6, 6.07) is 4.58. The molecule has 2 aliphatic rings. The topological polar surface area (TPSA) is 109 Å². The summed E-state index contributed by atoms with van der Waals surface area (Å²) >= 11 is 0. The van der Waals surface area contributed by atoms with Gasteiger partial charge in [0.2, 0.25) is 10.0 Å². The smallest absolute Gasteiger partial charge is 0.355 e. The number of ether oxygens (including phenoxy) is 1. The van der Waals surface area contributed by atoms with Crippen molar-refractivity contribution in [2.45, 2.75) is 37.5 Å². The van der Waals surface area contributed by atoms with Gasteiger partial charge in [0, 0.05) is 31.0 Å². The van der Waals surface area contributed by atoms with E-state index in [1.165, 1.54) is 26.2 Å². The molecule has 8 nitrogen and oxygen atoms in total. The number of hydrogen-bond acceptors (Lipinski definition) is 5. The third-order valence-corrected chi connectivity index (χ3v) is 7.49. The van der Waals surface area contributed by atoms with E-state index in [1.54, 1.807) is 19.1 Å². The molecular formula is C22H25N3O5S. The van der Waals surface area contributed by atoms with E-state index in [2.05, 4.69) is 10.3 Å². The zero-order chi connectivity index (χ0) is 22.3. The van der Waals surface area contributed by atoms with Gasteiger partial charge in [0.25, 0.3) is 5.91 Å². The number of esters is 1. The first-order valence-corrected chi connectivity index (χ1v) is 11.7. The summed E-state index contributed by atoms with van der Waals surface area (Å²) in [5.74, 6) is -0.716. The third kappa shape index (κ3) is 3.68. The van der Waals surface area contributed by atoms with Gasteiger partial charge >= 0.3 is 5.97 Å².